The van der Waals surface area contributed by atoms with E-state index in [-0.39, 0.29) is 22.9 Å². The molecule has 3 aromatic rings. The summed E-state index contributed by atoms with van der Waals surface area (Å²) in [5, 5.41) is 8.68. The number of alkyl halides is 3. The topological polar surface area (TPSA) is 113 Å². The Morgan fingerprint density at radius 2 is 1.84 bits per heavy atom. The number of nitrogens with zero attached hydrogens (tertiary/aromatic N) is 3. The maximum Gasteiger partial charge on any atom is 0.431 e. The maximum atomic E-state index is 13.1. The molecule has 0 bridgehead atoms. The fourth-order valence-corrected chi connectivity index (χ4v) is 2.98. The van der Waals surface area contributed by atoms with Crippen LogP contribution in [-0.2, 0) is 18.0 Å². The minimum absolute atomic E-state index is 0.0336. The summed E-state index contributed by atoms with van der Waals surface area (Å²) in [5.41, 5.74) is -3.77. The van der Waals surface area contributed by atoms with Gasteiger partial charge in [-0.1, -0.05) is 0 Å². The number of rotatable bonds is 6. The van der Waals surface area contributed by atoms with Gasteiger partial charge in [0.25, 0.3) is 5.56 Å². The Bertz CT molecular complexity index is 1300. The lowest BCUT2D eigenvalue weighted by molar-refractivity contribution is -0.144. The van der Waals surface area contributed by atoms with E-state index in [2.05, 4.69) is 20.9 Å². The van der Waals surface area contributed by atoms with Gasteiger partial charge in [0.1, 0.15) is 22.9 Å². The SMILES string of the molecule is Cn1c(C(F)(F)F)cc(=O)n(-c2ccc(Br)c(Oc3cncc(OCC(=O)O)c3)c2)c1=O. The predicted molar refractivity (Wildman–Crippen MR) is 107 cm³/mol. The van der Waals surface area contributed by atoms with E-state index in [4.69, 9.17) is 14.6 Å². The van der Waals surface area contributed by atoms with Gasteiger partial charge in [-0.2, -0.15) is 13.2 Å². The van der Waals surface area contributed by atoms with Gasteiger partial charge in [0.05, 0.1) is 22.6 Å². The first-order valence-electron chi connectivity index (χ1n) is 8.65. The normalized spacial score (nSPS) is 11.3. The van der Waals surface area contributed by atoms with Crippen molar-refractivity contribution >= 4 is 21.9 Å². The molecule has 13 heteroatoms. The number of pyridine rings is 1. The first-order valence-corrected chi connectivity index (χ1v) is 9.44. The van der Waals surface area contributed by atoms with Gasteiger partial charge in [0.15, 0.2) is 6.61 Å². The molecule has 0 saturated heterocycles. The van der Waals surface area contributed by atoms with Crippen LogP contribution >= 0.6 is 15.9 Å². The molecule has 1 N–H and O–H groups in total. The van der Waals surface area contributed by atoms with Gasteiger partial charge in [-0.05, 0) is 28.1 Å². The minimum Gasteiger partial charge on any atom is -0.480 e. The zero-order chi connectivity index (χ0) is 23.6. The molecule has 168 valence electrons. The van der Waals surface area contributed by atoms with Crippen molar-refractivity contribution in [3.05, 3.63) is 73.7 Å². The minimum atomic E-state index is -4.87. The monoisotopic (exact) mass is 515 g/mol. The van der Waals surface area contributed by atoms with E-state index >= 15 is 0 Å². The average Bonchev–Trinajstić information content (AvgIpc) is 2.71. The highest BCUT2D eigenvalue weighted by Crippen LogP contribution is 2.32. The standard InChI is InChI=1S/C19H13BrF3N3O6/c1-25-15(19(21,22)23)6-16(27)26(18(25)30)10-2-3-13(20)14(4-10)32-12-5-11(7-24-8-12)31-9-17(28)29/h2-8H,9H2,1H3,(H,28,29). The summed E-state index contributed by atoms with van der Waals surface area (Å²) >= 11 is 3.24. The number of hydrogen-bond donors (Lipinski definition) is 1. The van der Waals surface area contributed by atoms with Gasteiger partial charge < -0.3 is 14.6 Å². The van der Waals surface area contributed by atoms with Crippen molar-refractivity contribution in [2.45, 2.75) is 6.18 Å². The molecule has 0 radical (unpaired) electrons. The average molecular weight is 516 g/mol. The zero-order valence-electron chi connectivity index (χ0n) is 16.1. The third-order valence-electron chi connectivity index (χ3n) is 4.06. The molecule has 0 fully saturated rings. The van der Waals surface area contributed by atoms with E-state index in [0.717, 1.165) is 7.05 Å². The molecule has 0 amide bonds. The van der Waals surface area contributed by atoms with Crippen molar-refractivity contribution in [2.24, 2.45) is 7.05 Å². The van der Waals surface area contributed by atoms with E-state index in [9.17, 15) is 27.6 Å². The molecule has 0 aliphatic carbocycles. The Hall–Kier alpha value is -3.61. The second-order valence-electron chi connectivity index (χ2n) is 6.30. The van der Waals surface area contributed by atoms with Crippen LogP contribution in [0.5, 0.6) is 17.2 Å². The highest BCUT2D eigenvalue weighted by Gasteiger charge is 2.35. The van der Waals surface area contributed by atoms with Gasteiger partial charge in [-0.15, -0.1) is 0 Å². The second kappa shape index (κ2) is 8.86. The van der Waals surface area contributed by atoms with Crippen LogP contribution in [0.25, 0.3) is 5.69 Å². The Labute approximate surface area is 185 Å². The number of carbonyl (C=O) groups is 1. The molecule has 0 saturated carbocycles. The van der Waals surface area contributed by atoms with Crippen molar-refractivity contribution < 1.29 is 32.5 Å². The number of carboxylic acid groups (broad SMARTS) is 1. The van der Waals surface area contributed by atoms with Crippen LogP contribution in [0.3, 0.4) is 0 Å². The summed E-state index contributed by atoms with van der Waals surface area (Å²) in [4.78, 5) is 39.3. The van der Waals surface area contributed by atoms with Crippen LogP contribution in [0.4, 0.5) is 13.2 Å². The van der Waals surface area contributed by atoms with Crippen LogP contribution in [0.1, 0.15) is 5.69 Å². The number of benzene rings is 1. The number of carboxylic acids is 1. The molecule has 0 spiro atoms. The second-order valence-corrected chi connectivity index (χ2v) is 7.15. The Kier molecular flexibility index (Phi) is 6.39. The van der Waals surface area contributed by atoms with Crippen molar-refractivity contribution in [1.82, 2.24) is 14.1 Å². The summed E-state index contributed by atoms with van der Waals surface area (Å²) < 4.78 is 51.1. The number of ether oxygens (including phenoxy) is 2. The van der Waals surface area contributed by atoms with Crippen molar-refractivity contribution in [1.29, 1.82) is 0 Å². The molecular weight excluding hydrogens is 503 g/mol. The molecule has 1 aromatic carbocycles. The maximum absolute atomic E-state index is 13.1. The number of aromatic nitrogens is 3. The first-order chi connectivity index (χ1) is 15.0. The van der Waals surface area contributed by atoms with E-state index < -0.39 is 35.7 Å². The van der Waals surface area contributed by atoms with Crippen LogP contribution in [-0.4, -0.2) is 31.8 Å². The highest BCUT2D eigenvalue weighted by atomic mass is 79.9. The Morgan fingerprint density at radius 3 is 2.50 bits per heavy atom. The van der Waals surface area contributed by atoms with Gasteiger partial charge in [0.2, 0.25) is 0 Å². The fraction of sp³-hybridized carbons (Fsp3) is 0.158. The van der Waals surface area contributed by atoms with Crippen LogP contribution < -0.4 is 20.7 Å². The van der Waals surface area contributed by atoms with Crippen LogP contribution in [0, 0.1) is 0 Å². The lowest BCUT2D eigenvalue weighted by Crippen LogP contribution is -2.40. The fourth-order valence-electron chi connectivity index (χ4n) is 2.65. The first kappa shape index (κ1) is 23.1. The van der Waals surface area contributed by atoms with E-state index in [0.29, 0.717) is 19.7 Å². The molecule has 2 aromatic heterocycles. The number of aliphatic carboxylic acids is 1. The molecular formula is C19H13BrF3N3O6. The zero-order valence-corrected chi connectivity index (χ0v) is 17.7. The molecule has 9 nitrogen and oxygen atoms in total. The highest BCUT2D eigenvalue weighted by molar-refractivity contribution is 9.10. The third kappa shape index (κ3) is 4.99. The van der Waals surface area contributed by atoms with Crippen molar-refractivity contribution in [3.8, 4) is 22.9 Å². The number of hydrogen-bond acceptors (Lipinski definition) is 6. The molecule has 32 heavy (non-hydrogen) atoms. The summed E-state index contributed by atoms with van der Waals surface area (Å²) in [6.45, 7) is -0.593. The molecule has 0 aliphatic heterocycles. The van der Waals surface area contributed by atoms with E-state index in [1.807, 2.05) is 0 Å². The van der Waals surface area contributed by atoms with Crippen molar-refractivity contribution in [3.63, 3.8) is 0 Å². The summed E-state index contributed by atoms with van der Waals surface area (Å²) in [6.07, 6.45) is -2.30. The van der Waals surface area contributed by atoms with E-state index in [1.165, 1.54) is 36.7 Å². The summed E-state index contributed by atoms with van der Waals surface area (Å²) in [5.74, 6) is -0.827. The summed E-state index contributed by atoms with van der Waals surface area (Å²) in [7, 11) is 0.908. The van der Waals surface area contributed by atoms with Crippen LogP contribution in [0.15, 0.2) is 56.8 Å². The summed E-state index contributed by atoms with van der Waals surface area (Å²) in [6, 6.07) is 5.74. The van der Waals surface area contributed by atoms with Gasteiger partial charge in [-0.3, -0.25) is 14.3 Å². The smallest absolute Gasteiger partial charge is 0.431 e. The van der Waals surface area contributed by atoms with Crippen LogP contribution in [0.2, 0.25) is 0 Å². The predicted octanol–water partition coefficient (Wildman–Crippen LogP) is 2.97. The Morgan fingerprint density at radius 1 is 1.16 bits per heavy atom. The van der Waals surface area contributed by atoms with E-state index in [1.54, 1.807) is 0 Å². The lowest BCUT2D eigenvalue weighted by Gasteiger charge is -2.15. The molecule has 0 aliphatic rings. The Balaban J connectivity index is 2.00. The molecule has 3 rings (SSSR count). The number of halogens is 4. The molecule has 0 unspecified atom stereocenters. The van der Waals surface area contributed by atoms with Gasteiger partial charge in [-0.25, -0.2) is 14.2 Å². The van der Waals surface area contributed by atoms with Crippen molar-refractivity contribution in [2.75, 3.05) is 6.61 Å². The molecule has 0 atom stereocenters. The molecule has 2 heterocycles. The van der Waals surface area contributed by atoms with Gasteiger partial charge >= 0.3 is 17.8 Å². The lowest BCUT2D eigenvalue weighted by atomic mass is 10.3. The van der Waals surface area contributed by atoms with Gasteiger partial charge in [0, 0.05) is 25.2 Å². The third-order valence-corrected chi connectivity index (χ3v) is 4.72. The largest absolute Gasteiger partial charge is 0.480 e. The quantitative estimate of drug-likeness (QED) is 0.536.